The summed E-state index contributed by atoms with van der Waals surface area (Å²) < 4.78 is 10.5. The van der Waals surface area contributed by atoms with Crippen molar-refractivity contribution >= 4 is 5.97 Å². The zero-order chi connectivity index (χ0) is 13.8. The van der Waals surface area contributed by atoms with Gasteiger partial charge in [0.25, 0.3) is 0 Å². The van der Waals surface area contributed by atoms with Gasteiger partial charge in [-0.05, 0) is 31.0 Å². The second kappa shape index (κ2) is 5.73. The van der Waals surface area contributed by atoms with E-state index in [0.29, 0.717) is 11.5 Å². The zero-order valence-corrected chi connectivity index (χ0v) is 10.8. The minimum absolute atomic E-state index is 0.343. The van der Waals surface area contributed by atoms with Crippen molar-refractivity contribution in [2.75, 3.05) is 13.7 Å². The van der Waals surface area contributed by atoms with Gasteiger partial charge >= 0.3 is 5.97 Å². The fourth-order valence-corrected chi connectivity index (χ4v) is 1.33. The maximum absolute atomic E-state index is 10.7. The highest BCUT2D eigenvalue weighted by molar-refractivity contribution is 5.76. The number of carbonyl (C=O) groups is 1. The average molecular weight is 254 g/mol. The van der Waals surface area contributed by atoms with Crippen molar-refractivity contribution in [1.29, 1.82) is 0 Å². The molecule has 100 valence electrons. The Kier molecular flexibility index (Phi) is 4.55. The number of hydrogen-bond donors (Lipinski definition) is 2. The molecule has 5 heteroatoms. The molecular formula is C13H18O5. The van der Waals surface area contributed by atoms with Gasteiger partial charge < -0.3 is 19.7 Å². The van der Waals surface area contributed by atoms with E-state index in [1.165, 1.54) is 14.0 Å². The van der Waals surface area contributed by atoms with Crippen molar-refractivity contribution in [2.45, 2.75) is 25.9 Å². The number of benzene rings is 1. The van der Waals surface area contributed by atoms with Crippen LogP contribution in [0.25, 0.3) is 0 Å². The Morgan fingerprint density at radius 1 is 1.39 bits per heavy atom. The Hall–Kier alpha value is -1.75. The lowest BCUT2D eigenvalue weighted by atomic mass is 10.1. The van der Waals surface area contributed by atoms with Gasteiger partial charge in [-0.3, -0.25) is 0 Å². The molecule has 18 heavy (non-hydrogen) atoms. The zero-order valence-electron chi connectivity index (χ0n) is 10.8. The summed E-state index contributed by atoms with van der Waals surface area (Å²) in [6.07, 6.45) is 0.865. The van der Waals surface area contributed by atoms with Crippen LogP contribution in [-0.2, 0) is 11.2 Å². The van der Waals surface area contributed by atoms with Gasteiger partial charge in [-0.1, -0.05) is 13.0 Å². The number of methoxy groups -OCH3 is 1. The van der Waals surface area contributed by atoms with Crippen LogP contribution >= 0.6 is 0 Å². The minimum atomic E-state index is -1.92. The van der Waals surface area contributed by atoms with Crippen LogP contribution in [0.5, 0.6) is 11.5 Å². The van der Waals surface area contributed by atoms with Crippen LogP contribution in [0.2, 0.25) is 0 Å². The average Bonchev–Trinajstić information content (AvgIpc) is 2.35. The molecule has 1 atom stereocenters. The fraction of sp³-hybridized carbons (Fsp3) is 0.462. The SMILES string of the molecule is CCc1ccc(OCC(C)(O)C(=O)O)c(OC)c1. The quantitative estimate of drug-likeness (QED) is 0.804. The van der Waals surface area contributed by atoms with Crippen molar-refractivity contribution in [3.8, 4) is 11.5 Å². The third-order valence-electron chi connectivity index (χ3n) is 2.61. The molecule has 2 N–H and O–H groups in total. The van der Waals surface area contributed by atoms with Crippen LogP contribution in [0.1, 0.15) is 19.4 Å². The summed E-state index contributed by atoms with van der Waals surface area (Å²) in [7, 11) is 1.51. The number of aliphatic carboxylic acids is 1. The summed E-state index contributed by atoms with van der Waals surface area (Å²) >= 11 is 0. The smallest absolute Gasteiger partial charge is 0.339 e. The van der Waals surface area contributed by atoms with E-state index in [1.54, 1.807) is 6.07 Å². The predicted octanol–water partition coefficient (Wildman–Crippen LogP) is 1.47. The molecule has 0 aromatic heterocycles. The van der Waals surface area contributed by atoms with Gasteiger partial charge in [0.2, 0.25) is 0 Å². The number of rotatable bonds is 6. The Morgan fingerprint density at radius 2 is 2.06 bits per heavy atom. The van der Waals surface area contributed by atoms with Crippen molar-refractivity contribution in [2.24, 2.45) is 0 Å². The molecule has 0 radical (unpaired) electrons. The van der Waals surface area contributed by atoms with E-state index in [4.69, 9.17) is 14.6 Å². The molecule has 0 heterocycles. The van der Waals surface area contributed by atoms with E-state index in [2.05, 4.69) is 0 Å². The summed E-state index contributed by atoms with van der Waals surface area (Å²) in [5, 5.41) is 18.3. The number of ether oxygens (including phenoxy) is 2. The highest BCUT2D eigenvalue weighted by Crippen LogP contribution is 2.28. The minimum Gasteiger partial charge on any atom is -0.493 e. The van der Waals surface area contributed by atoms with Crippen LogP contribution in [-0.4, -0.2) is 35.5 Å². The van der Waals surface area contributed by atoms with Crippen LogP contribution in [0.4, 0.5) is 0 Å². The summed E-state index contributed by atoms with van der Waals surface area (Å²) in [5.74, 6) is -0.390. The molecule has 5 nitrogen and oxygen atoms in total. The van der Waals surface area contributed by atoms with Gasteiger partial charge in [-0.2, -0.15) is 0 Å². The van der Waals surface area contributed by atoms with Gasteiger partial charge in [0.1, 0.15) is 6.61 Å². The van der Waals surface area contributed by atoms with E-state index in [9.17, 15) is 9.90 Å². The molecule has 0 saturated carbocycles. The molecule has 0 bridgehead atoms. The van der Waals surface area contributed by atoms with Crippen LogP contribution in [0.15, 0.2) is 18.2 Å². The van der Waals surface area contributed by atoms with E-state index < -0.39 is 11.6 Å². The summed E-state index contributed by atoms with van der Waals surface area (Å²) in [4.78, 5) is 10.7. The maximum atomic E-state index is 10.7. The van der Waals surface area contributed by atoms with E-state index in [-0.39, 0.29) is 6.61 Å². The van der Waals surface area contributed by atoms with Crippen molar-refractivity contribution < 1.29 is 24.5 Å². The molecule has 1 unspecified atom stereocenters. The number of hydrogen-bond acceptors (Lipinski definition) is 4. The molecular weight excluding hydrogens is 236 g/mol. The predicted molar refractivity (Wildman–Crippen MR) is 66.1 cm³/mol. The van der Waals surface area contributed by atoms with Gasteiger partial charge in [0.15, 0.2) is 17.1 Å². The number of carboxylic acid groups (broad SMARTS) is 1. The Bertz CT molecular complexity index is 425. The second-order valence-electron chi connectivity index (χ2n) is 4.21. The first-order valence-corrected chi connectivity index (χ1v) is 5.66. The van der Waals surface area contributed by atoms with Gasteiger partial charge in [-0.15, -0.1) is 0 Å². The Labute approximate surface area is 106 Å². The first-order chi connectivity index (χ1) is 8.40. The highest BCUT2D eigenvalue weighted by atomic mass is 16.5. The first-order valence-electron chi connectivity index (χ1n) is 5.66. The van der Waals surface area contributed by atoms with E-state index >= 15 is 0 Å². The summed E-state index contributed by atoms with van der Waals surface area (Å²) in [6, 6.07) is 5.40. The van der Waals surface area contributed by atoms with Gasteiger partial charge in [-0.25, -0.2) is 4.79 Å². The normalized spacial score (nSPS) is 13.8. The standard InChI is InChI=1S/C13H18O5/c1-4-9-5-6-10(11(7-9)17-3)18-8-13(2,16)12(14)15/h5-7,16H,4,8H2,1-3H3,(H,14,15). The summed E-state index contributed by atoms with van der Waals surface area (Å²) in [6.45, 7) is 2.86. The number of aliphatic hydroxyl groups is 1. The Morgan fingerprint density at radius 3 is 2.56 bits per heavy atom. The molecule has 0 spiro atoms. The molecule has 0 aliphatic rings. The van der Waals surface area contributed by atoms with Crippen molar-refractivity contribution in [3.05, 3.63) is 23.8 Å². The molecule has 1 rings (SSSR count). The van der Waals surface area contributed by atoms with Crippen LogP contribution < -0.4 is 9.47 Å². The lowest BCUT2D eigenvalue weighted by Crippen LogP contribution is -2.41. The monoisotopic (exact) mass is 254 g/mol. The Balaban J connectivity index is 2.82. The fourth-order valence-electron chi connectivity index (χ4n) is 1.33. The van der Waals surface area contributed by atoms with Gasteiger partial charge in [0.05, 0.1) is 7.11 Å². The van der Waals surface area contributed by atoms with Crippen LogP contribution in [0, 0.1) is 0 Å². The molecule has 1 aromatic carbocycles. The van der Waals surface area contributed by atoms with Crippen molar-refractivity contribution in [1.82, 2.24) is 0 Å². The highest BCUT2D eigenvalue weighted by Gasteiger charge is 2.31. The molecule has 0 saturated heterocycles. The number of carboxylic acids is 1. The van der Waals surface area contributed by atoms with E-state index in [0.717, 1.165) is 12.0 Å². The first kappa shape index (κ1) is 14.3. The second-order valence-corrected chi connectivity index (χ2v) is 4.21. The lowest BCUT2D eigenvalue weighted by Gasteiger charge is -2.19. The maximum Gasteiger partial charge on any atom is 0.339 e. The lowest BCUT2D eigenvalue weighted by molar-refractivity contribution is -0.159. The molecule has 0 aliphatic heterocycles. The largest absolute Gasteiger partial charge is 0.493 e. The van der Waals surface area contributed by atoms with E-state index in [1.807, 2.05) is 19.1 Å². The number of aryl methyl sites for hydroxylation is 1. The molecule has 0 amide bonds. The molecule has 1 aromatic rings. The third-order valence-corrected chi connectivity index (χ3v) is 2.61. The van der Waals surface area contributed by atoms with Crippen molar-refractivity contribution in [3.63, 3.8) is 0 Å². The molecule has 0 fully saturated rings. The topological polar surface area (TPSA) is 76.0 Å². The molecule has 0 aliphatic carbocycles. The van der Waals surface area contributed by atoms with Gasteiger partial charge in [0, 0.05) is 0 Å². The third kappa shape index (κ3) is 3.37. The summed E-state index contributed by atoms with van der Waals surface area (Å²) in [5.41, 5.74) is -0.835. The van der Waals surface area contributed by atoms with Crippen LogP contribution in [0.3, 0.4) is 0 Å².